The summed E-state index contributed by atoms with van der Waals surface area (Å²) in [6, 6.07) is 3.52. The van der Waals surface area contributed by atoms with Crippen LogP contribution in [0.4, 0.5) is 10.5 Å². The van der Waals surface area contributed by atoms with Gasteiger partial charge in [0.15, 0.2) is 0 Å². The normalized spacial score (nSPS) is 18.4. The molecule has 7 nitrogen and oxygen atoms in total. The third-order valence-corrected chi connectivity index (χ3v) is 4.84. The lowest BCUT2D eigenvalue weighted by atomic mass is 10.2. The van der Waals surface area contributed by atoms with Crippen LogP contribution in [0.15, 0.2) is 18.2 Å². The lowest BCUT2D eigenvalue weighted by Crippen LogP contribution is -2.41. The smallest absolute Gasteiger partial charge is 0.323 e. The number of carbonyl (C=O) groups is 4. The first-order valence-electron chi connectivity index (χ1n) is 7.82. The third-order valence-electron chi connectivity index (χ3n) is 4.28. The van der Waals surface area contributed by atoms with E-state index in [1.165, 1.54) is 12.1 Å². The summed E-state index contributed by atoms with van der Waals surface area (Å²) in [7, 11) is 0. The maximum atomic E-state index is 12.4. The van der Waals surface area contributed by atoms with Crippen molar-refractivity contribution in [3.63, 3.8) is 0 Å². The highest BCUT2D eigenvalue weighted by atomic mass is 35.5. The third kappa shape index (κ3) is 3.48. The summed E-state index contributed by atoms with van der Waals surface area (Å²) in [5.41, 5.74) is 0.261. The van der Waals surface area contributed by atoms with Crippen molar-refractivity contribution in [2.24, 2.45) is 0 Å². The Bertz CT molecular complexity index is 762. The van der Waals surface area contributed by atoms with E-state index >= 15 is 0 Å². The predicted octanol–water partition coefficient (Wildman–Crippen LogP) is 2.67. The minimum absolute atomic E-state index is 0.261. The van der Waals surface area contributed by atoms with Gasteiger partial charge in [-0.25, -0.2) is 9.69 Å². The molecular formula is C16H15Cl2N3O4. The van der Waals surface area contributed by atoms with Gasteiger partial charge in [-0.3, -0.25) is 19.3 Å². The Hall–Kier alpha value is -2.12. The zero-order chi connectivity index (χ0) is 18.1. The molecule has 1 saturated heterocycles. The van der Waals surface area contributed by atoms with Crippen LogP contribution in [0.3, 0.4) is 0 Å². The van der Waals surface area contributed by atoms with Crippen molar-refractivity contribution in [2.75, 3.05) is 11.9 Å². The van der Waals surface area contributed by atoms with Crippen molar-refractivity contribution in [2.45, 2.75) is 31.7 Å². The number of hydrogen-bond donors (Lipinski definition) is 1. The lowest BCUT2D eigenvalue weighted by molar-refractivity contribution is -0.144. The maximum Gasteiger partial charge on any atom is 0.334 e. The monoisotopic (exact) mass is 383 g/mol. The van der Waals surface area contributed by atoms with E-state index < -0.39 is 30.3 Å². The molecule has 25 heavy (non-hydrogen) atoms. The highest BCUT2D eigenvalue weighted by Gasteiger charge is 2.48. The van der Waals surface area contributed by atoms with Crippen molar-refractivity contribution in [1.82, 2.24) is 9.80 Å². The van der Waals surface area contributed by atoms with Gasteiger partial charge in [0.2, 0.25) is 5.91 Å². The second kappa shape index (κ2) is 7.01. The summed E-state index contributed by atoms with van der Waals surface area (Å²) in [5, 5.41) is 3.12. The fourth-order valence-electron chi connectivity index (χ4n) is 3.07. The van der Waals surface area contributed by atoms with Gasteiger partial charge < -0.3 is 5.32 Å². The van der Waals surface area contributed by atoms with E-state index in [-0.39, 0.29) is 16.8 Å². The van der Waals surface area contributed by atoms with E-state index in [4.69, 9.17) is 23.2 Å². The van der Waals surface area contributed by atoms with Gasteiger partial charge in [0, 0.05) is 11.1 Å². The molecule has 3 rings (SSSR count). The highest BCUT2D eigenvalue weighted by molar-refractivity contribution is 6.45. The standard InChI is InChI=1S/C16H15Cl2N3O4/c17-9-5-6-11(18)12(7-9)19-13(22)8-20-14(23)15(24)21(16(20)25)10-3-1-2-4-10/h5-7,10H,1-4,8H2,(H,19,22). The fourth-order valence-corrected chi connectivity index (χ4v) is 3.41. The molecule has 1 saturated carbocycles. The molecular weight excluding hydrogens is 369 g/mol. The zero-order valence-electron chi connectivity index (χ0n) is 13.1. The SMILES string of the molecule is O=C(CN1C(=O)C(=O)N(C2CCCC2)C1=O)Nc1cc(Cl)ccc1Cl. The Morgan fingerprint density at radius 3 is 2.48 bits per heavy atom. The first-order chi connectivity index (χ1) is 11.9. The minimum Gasteiger partial charge on any atom is -0.323 e. The van der Waals surface area contributed by atoms with Crippen LogP contribution in [0, 0.1) is 0 Å². The van der Waals surface area contributed by atoms with E-state index in [2.05, 4.69) is 5.32 Å². The molecule has 1 aromatic rings. The summed E-state index contributed by atoms with van der Waals surface area (Å²) < 4.78 is 0. The van der Waals surface area contributed by atoms with E-state index in [1.54, 1.807) is 6.07 Å². The Balaban J connectivity index is 1.70. The fraction of sp³-hybridized carbons (Fsp3) is 0.375. The number of amides is 5. The molecule has 1 aliphatic heterocycles. The van der Waals surface area contributed by atoms with Gasteiger partial charge in [-0.1, -0.05) is 36.0 Å². The number of urea groups is 1. The molecule has 132 valence electrons. The molecule has 0 spiro atoms. The van der Waals surface area contributed by atoms with Crippen molar-refractivity contribution >= 4 is 52.6 Å². The van der Waals surface area contributed by atoms with Crippen molar-refractivity contribution in [3.05, 3.63) is 28.2 Å². The van der Waals surface area contributed by atoms with Gasteiger partial charge in [0.05, 0.1) is 10.7 Å². The van der Waals surface area contributed by atoms with Gasteiger partial charge in [-0.15, -0.1) is 0 Å². The number of nitrogens with one attached hydrogen (secondary N) is 1. The first-order valence-corrected chi connectivity index (χ1v) is 8.58. The van der Waals surface area contributed by atoms with Crippen LogP contribution in [0.25, 0.3) is 0 Å². The van der Waals surface area contributed by atoms with E-state index in [9.17, 15) is 19.2 Å². The molecule has 1 aromatic carbocycles. The van der Waals surface area contributed by atoms with Crippen LogP contribution in [-0.2, 0) is 14.4 Å². The number of imide groups is 2. The highest BCUT2D eigenvalue weighted by Crippen LogP contribution is 2.28. The number of carbonyl (C=O) groups excluding carboxylic acids is 4. The van der Waals surface area contributed by atoms with E-state index in [0.29, 0.717) is 22.8 Å². The molecule has 2 fully saturated rings. The average molecular weight is 384 g/mol. The van der Waals surface area contributed by atoms with Crippen LogP contribution in [0.5, 0.6) is 0 Å². The molecule has 0 aromatic heterocycles. The Labute approximate surface area is 153 Å². The van der Waals surface area contributed by atoms with Gasteiger partial charge in [0.25, 0.3) is 0 Å². The second-order valence-electron chi connectivity index (χ2n) is 5.96. The van der Waals surface area contributed by atoms with Crippen LogP contribution in [-0.4, -0.2) is 46.1 Å². The quantitative estimate of drug-likeness (QED) is 0.639. The Kier molecular flexibility index (Phi) is 4.96. The largest absolute Gasteiger partial charge is 0.334 e. The van der Waals surface area contributed by atoms with Crippen molar-refractivity contribution in [1.29, 1.82) is 0 Å². The number of nitrogens with zero attached hydrogens (tertiary/aromatic N) is 2. The minimum atomic E-state index is -0.982. The molecule has 1 N–H and O–H groups in total. The second-order valence-corrected chi connectivity index (χ2v) is 6.80. The molecule has 0 atom stereocenters. The van der Waals surface area contributed by atoms with Gasteiger partial charge >= 0.3 is 17.8 Å². The maximum absolute atomic E-state index is 12.4. The predicted molar refractivity (Wildman–Crippen MR) is 91.3 cm³/mol. The van der Waals surface area contributed by atoms with Gasteiger partial charge in [-0.05, 0) is 31.0 Å². The number of rotatable bonds is 4. The van der Waals surface area contributed by atoms with Gasteiger partial charge in [0.1, 0.15) is 6.54 Å². The Morgan fingerprint density at radius 2 is 1.80 bits per heavy atom. The zero-order valence-corrected chi connectivity index (χ0v) is 14.6. The van der Waals surface area contributed by atoms with Crippen molar-refractivity contribution < 1.29 is 19.2 Å². The summed E-state index contributed by atoms with van der Waals surface area (Å²) in [6.07, 6.45) is 3.18. The number of halogens is 2. The summed E-state index contributed by atoms with van der Waals surface area (Å²) in [5.74, 6) is -2.50. The van der Waals surface area contributed by atoms with Crippen LogP contribution in [0.2, 0.25) is 10.0 Å². The van der Waals surface area contributed by atoms with Crippen LogP contribution < -0.4 is 5.32 Å². The van der Waals surface area contributed by atoms with Crippen molar-refractivity contribution in [3.8, 4) is 0 Å². The average Bonchev–Trinajstić information content (AvgIpc) is 3.15. The molecule has 0 unspecified atom stereocenters. The molecule has 1 heterocycles. The van der Waals surface area contributed by atoms with Crippen LogP contribution in [0.1, 0.15) is 25.7 Å². The van der Waals surface area contributed by atoms with Crippen LogP contribution >= 0.6 is 23.2 Å². The van der Waals surface area contributed by atoms with Gasteiger partial charge in [-0.2, -0.15) is 0 Å². The number of benzene rings is 1. The summed E-state index contributed by atoms with van der Waals surface area (Å²) >= 11 is 11.8. The topological polar surface area (TPSA) is 86.8 Å². The molecule has 0 radical (unpaired) electrons. The number of hydrogen-bond acceptors (Lipinski definition) is 4. The lowest BCUT2D eigenvalue weighted by Gasteiger charge is -2.20. The molecule has 1 aliphatic carbocycles. The summed E-state index contributed by atoms with van der Waals surface area (Å²) in [4.78, 5) is 50.4. The van der Waals surface area contributed by atoms with E-state index in [1.807, 2.05) is 0 Å². The Morgan fingerprint density at radius 1 is 1.12 bits per heavy atom. The molecule has 5 amide bonds. The first kappa shape index (κ1) is 17.7. The number of anilines is 1. The molecule has 0 bridgehead atoms. The van der Waals surface area contributed by atoms with E-state index in [0.717, 1.165) is 17.7 Å². The molecule has 9 heteroatoms. The molecule has 2 aliphatic rings. The summed E-state index contributed by atoms with van der Waals surface area (Å²) in [6.45, 7) is -0.560.